The quantitative estimate of drug-likeness (QED) is 0.885. The van der Waals surface area contributed by atoms with E-state index in [-0.39, 0.29) is 0 Å². The number of para-hydroxylation sites is 1. The summed E-state index contributed by atoms with van der Waals surface area (Å²) in [5.41, 5.74) is 8.49. The molecule has 0 aliphatic carbocycles. The van der Waals surface area contributed by atoms with E-state index < -0.39 is 0 Å². The van der Waals surface area contributed by atoms with Crippen LogP contribution in [0.5, 0.6) is 0 Å². The molecule has 0 bridgehead atoms. The van der Waals surface area contributed by atoms with Crippen LogP contribution in [0.3, 0.4) is 0 Å². The Labute approximate surface area is 111 Å². The van der Waals surface area contributed by atoms with Crippen LogP contribution >= 0.6 is 0 Å². The van der Waals surface area contributed by atoms with Gasteiger partial charge in [-0.25, -0.2) is 0 Å². The van der Waals surface area contributed by atoms with Crippen molar-refractivity contribution in [2.24, 2.45) is 5.73 Å². The molecule has 1 fully saturated rings. The summed E-state index contributed by atoms with van der Waals surface area (Å²) < 4.78 is 0. The summed E-state index contributed by atoms with van der Waals surface area (Å²) >= 11 is 0. The zero-order valence-corrected chi connectivity index (χ0v) is 11.6. The van der Waals surface area contributed by atoms with Crippen molar-refractivity contribution in [3.63, 3.8) is 0 Å². The van der Waals surface area contributed by atoms with E-state index in [1.54, 1.807) is 0 Å². The number of anilines is 1. The van der Waals surface area contributed by atoms with Gasteiger partial charge in [0.05, 0.1) is 0 Å². The van der Waals surface area contributed by atoms with E-state index in [0.717, 1.165) is 26.1 Å². The van der Waals surface area contributed by atoms with E-state index in [4.69, 9.17) is 5.73 Å². The van der Waals surface area contributed by atoms with Gasteiger partial charge in [-0.15, -0.1) is 0 Å². The minimum Gasteiger partial charge on any atom is -0.370 e. The monoisotopic (exact) mass is 247 g/mol. The second kappa shape index (κ2) is 6.21. The predicted octanol–water partition coefficient (Wildman–Crippen LogP) is 1.85. The first-order valence-corrected chi connectivity index (χ1v) is 6.93. The van der Waals surface area contributed by atoms with E-state index in [2.05, 4.69) is 48.0 Å². The molecule has 2 rings (SSSR count). The molecule has 3 nitrogen and oxygen atoms in total. The Bertz CT molecular complexity index is 378. The lowest BCUT2D eigenvalue weighted by molar-refractivity contribution is 0.251. The van der Waals surface area contributed by atoms with Gasteiger partial charge in [0.1, 0.15) is 0 Å². The van der Waals surface area contributed by atoms with Gasteiger partial charge < -0.3 is 15.5 Å². The van der Waals surface area contributed by atoms with E-state index in [9.17, 15) is 0 Å². The van der Waals surface area contributed by atoms with Gasteiger partial charge in [0.25, 0.3) is 0 Å². The Kier molecular flexibility index (Phi) is 4.61. The molecule has 1 saturated heterocycles. The van der Waals surface area contributed by atoms with Gasteiger partial charge >= 0.3 is 0 Å². The van der Waals surface area contributed by atoms with Crippen LogP contribution in [0.15, 0.2) is 24.3 Å². The maximum Gasteiger partial charge on any atom is 0.0396 e. The third kappa shape index (κ3) is 3.03. The summed E-state index contributed by atoms with van der Waals surface area (Å²) in [6.07, 6.45) is 2.31. The van der Waals surface area contributed by atoms with Crippen LogP contribution in [0.1, 0.15) is 18.4 Å². The molecule has 100 valence electrons. The van der Waals surface area contributed by atoms with Crippen LogP contribution in [0.4, 0.5) is 5.69 Å². The van der Waals surface area contributed by atoms with Crippen molar-refractivity contribution in [2.45, 2.75) is 25.8 Å². The van der Waals surface area contributed by atoms with Gasteiger partial charge in [0.15, 0.2) is 0 Å². The zero-order valence-electron chi connectivity index (χ0n) is 11.6. The number of rotatable bonds is 3. The molecule has 1 aromatic carbocycles. The van der Waals surface area contributed by atoms with Gasteiger partial charge in [0, 0.05) is 24.8 Å². The van der Waals surface area contributed by atoms with Crippen LogP contribution in [0.25, 0.3) is 0 Å². The third-order valence-electron chi connectivity index (χ3n) is 3.95. The molecular weight excluding hydrogens is 222 g/mol. The van der Waals surface area contributed by atoms with Gasteiger partial charge in [-0.05, 0) is 51.5 Å². The van der Waals surface area contributed by atoms with Crippen molar-refractivity contribution in [3.05, 3.63) is 29.8 Å². The van der Waals surface area contributed by atoms with Crippen molar-refractivity contribution in [1.29, 1.82) is 0 Å². The molecule has 1 atom stereocenters. The van der Waals surface area contributed by atoms with Gasteiger partial charge in [-0.3, -0.25) is 0 Å². The molecule has 0 aromatic heterocycles. The largest absolute Gasteiger partial charge is 0.370 e. The molecule has 1 aromatic rings. The highest BCUT2D eigenvalue weighted by Crippen LogP contribution is 2.22. The van der Waals surface area contributed by atoms with Gasteiger partial charge in [0.2, 0.25) is 0 Å². The molecule has 0 amide bonds. The smallest absolute Gasteiger partial charge is 0.0396 e. The number of hydrogen-bond acceptors (Lipinski definition) is 3. The van der Waals surface area contributed by atoms with E-state index in [0.29, 0.717) is 6.04 Å². The molecule has 0 radical (unpaired) electrons. The van der Waals surface area contributed by atoms with Crippen molar-refractivity contribution < 1.29 is 0 Å². The molecule has 1 heterocycles. The average Bonchev–Trinajstić information content (AvgIpc) is 2.54. The first-order valence-electron chi connectivity index (χ1n) is 6.93. The molecule has 1 aliphatic heterocycles. The number of aryl methyl sites for hydroxylation is 1. The van der Waals surface area contributed by atoms with E-state index in [1.807, 2.05) is 0 Å². The zero-order chi connectivity index (χ0) is 13.0. The van der Waals surface area contributed by atoms with Crippen LogP contribution in [-0.2, 0) is 0 Å². The molecule has 0 spiro atoms. The fourth-order valence-corrected chi connectivity index (χ4v) is 2.82. The minimum atomic E-state index is 0.581. The number of nitrogens with zero attached hydrogens (tertiary/aromatic N) is 2. The third-order valence-corrected chi connectivity index (χ3v) is 3.95. The Morgan fingerprint density at radius 3 is 2.78 bits per heavy atom. The summed E-state index contributed by atoms with van der Waals surface area (Å²) in [6.45, 7) is 6.39. The Hall–Kier alpha value is -1.06. The normalized spacial score (nSPS) is 21.9. The SMILES string of the molecule is Cc1ccccc1N1CCCN(C)C(CCN)C1. The fraction of sp³-hybridized carbons (Fsp3) is 0.600. The highest BCUT2D eigenvalue weighted by Gasteiger charge is 2.22. The molecule has 3 heteroatoms. The standard InChI is InChI=1S/C15H25N3/c1-13-6-3-4-7-15(13)18-11-5-10-17(2)14(12-18)8-9-16/h3-4,6-7,14H,5,8-12,16H2,1-2H3. The van der Waals surface area contributed by atoms with Crippen molar-refractivity contribution >= 4 is 5.69 Å². The second-order valence-corrected chi connectivity index (χ2v) is 5.30. The van der Waals surface area contributed by atoms with Crippen LogP contribution in [-0.4, -0.2) is 44.2 Å². The summed E-state index contributed by atoms with van der Waals surface area (Å²) in [4.78, 5) is 4.99. The summed E-state index contributed by atoms with van der Waals surface area (Å²) in [7, 11) is 2.22. The number of likely N-dealkylation sites (N-methyl/N-ethyl adjacent to an activating group) is 1. The summed E-state index contributed by atoms with van der Waals surface area (Å²) in [6, 6.07) is 9.26. The highest BCUT2D eigenvalue weighted by molar-refractivity contribution is 5.53. The second-order valence-electron chi connectivity index (χ2n) is 5.30. The molecule has 1 unspecified atom stereocenters. The topological polar surface area (TPSA) is 32.5 Å². The molecule has 18 heavy (non-hydrogen) atoms. The minimum absolute atomic E-state index is 0.581. The lowest BCUT2D eigenvalue weighted by Gasteiger charge is -2.30. The van der Waals surface area contributed by atoms with Crippen LogP contribution in [0.2, 0.25) is 0 Å². The molecular formula is C15H25N3. The summed E-state index contributed by atoms with van der Waals surface area (Å²) in [5.74, 6) is 0. The van der Waals surface area contributed by atoms with Gasteiger partial charge in [-0.1, -0.05) is 18.2 Å². The lowest BCUT2D eigenvalue weighted by Crippen LogP contribution is -2.40. The molecule has 0 saturated carbocycles. The Morgan fingerprint density at radius 1 is 1.28 bits per heavy atom. The first-order chi connectivity index (χ1) is 8.72. The van der Waals surface area contributed by atoms with Gasteiger partial charge in [-0.2, -0.15) is 0 Å². The fourth-order valence-electron chi connectivity index (χ4n) is 2.82. The summed E-state index contributed by atoms with van der Waals surface area (Å²) in [5, 5.41) is 0. The maximum atomic E-state index is 5.74. The van der Waals surface area contributed by atoms with Crippen LogP contribution in [0, 0.1) is 6.92 Å². The first kappa shape index (κ1) is 13.4. The van der Waals surface area contributed by atoms with Crippen molar-refractivity contribution in [2.75, 3.05) is 38.1 Å². The average molecular weight is 247 g/mol. The highest BCUT2D eigenvalue weighted by atomic mass is 15.2. The van der Waals surface area contributed by atoms with Crippen molar-refractivity contribution in [1.82, 2.24) is 4.90 Å². The van der Waals surface area contributed by atoms with E-state index in [1.165, 1.54) is 24.2 Å². The molecule has 1 aliphatic rings. The maximum absolute atomic E-state index is 5.74. The van der Waals surface area contributed by atoms with E-state index >= 15 is 0 Å². The number of hydrogen-bond donors (Lipinski definition) is 1. The number of nitrogens with two attached hydrogens (primary N) is 1. The Balaban J connectivity index is 2.15. The van der Waals surface area contributed by atoms with Crippen LogP contribution < -0.4 is 10.6 Å². The Morgan fingerprint density at radius 2 is 2.06 bits per heavy atom. The lowest BCUT2D eigenvalue weighted by atomic mass is 10.1. The number of benzene rings is 1. The van der Waals surface area contributed by atoms with Crippen molar-refractivity contribution in [3.8, 4) is 0 Å². The molecule has 2 N–H and O–H groups in total. The predicted molar refractivity (Wildman–Crippen MR) is 78.1 cm³/mol.